The fraction of sp³-hybridized carbons (Fsp3) is 0.440. The molecule has 5 nitrogen and oxygen atoms in total. The summed E-state index contributed by atoms with van der Waals surface area (Å²) < 4.78 is 6.66. The van der Waals surface area contributed by atoms with Gasteiger partial charge < -0.3 is 15.0 Å². The summed E-state index contributed by atoms with van der Waals surface area (Å²) >= 11 is 9.41. The smallest absolute Gasteiger partial charge is 0.261 e. The zero-order valence-corrected chi connectivity index (χ0v) is 20.7. The molecule has 1 saturated carbocycles. The topological polar surface area (TPSA) is 58.6 Å². The van der Waals surface area contributed by atoms with Crippen LogP contribution in [0.25, 0.3) is 0 Å². The van der Waals surface area contributed by atoms with E-state index in [2.05, 4.69) is 21.2 Å². The van der Waals surface area contributed by atoms with E-state index in [0.717, 1.165) is 35.7 Å². The summed E-state index contributed by atoms with van der Waals surface area (Å²) in [4.78, 5) is 28.0. The van der Waals surface area contributed by atoms with Gasteiger partial charge in [-0.3, -0.25) is 9.59 Å². The Bertz CT molecular complexity index is 883. The fourth-order valence-corrected chi connectivity index (χ4v) is 4.40. The van der Waals surface area contributed by atoms with E-state index in [4.69, 9.17) is 16.3 Å². The zero-order valence-electron chi connectivity index (χ0n) is 18.4. The van der Waals surface area contributed by atoms with Crippen molar-refractivity contribution in [3.05, 3.63) is 63.6 Å². The Labute approximate surface area is 203 Å². The highest BCUT2D eigenvalue weighted by Crippen LogP contribution is 2.20. The van der Waals surface area contributed by atoms with Crippen LogP contribution in [0.15, 0.2) is 53.0 Å². The van der Waals surface area contributed by atoms with Crippen molar-refractivity contribution >= 4 is 39.3 Å². The van der Waals surface area contributed by atoms with Crippen molar-refractivity contribution in [1.29, 1.82) is 0 Å². The van der Waals surface area contributed by atoms with Crippen molar-refractivity contribution < 1.29 is 14.3 Å². The number of benzene rings is 2. The van der Waals surface area contributed by atoms with Crippen molar-refractivity contribution in [2.24, 2.45) is 0 Å². The highest BCUT2D eigenvalue weighted by molar-refractivity contribution is 9.10. The summed E-state index contributed by atoms with van der Waals surface area (Å²) in [5.41, 5.74) is 0.912. The number of nitrogens with one attached hydrogen (secondary N) is 1. The second-order valence-electron chi connectivity index (χ2n) is 8.16. The third kappa shape index (κ3) is 7.24. The number of rotatable bonds is 9. The minimum atomic E-state index is -0.561. The Hall–Kier alpha value is -2.05. The Morgan fingerprint density at radius 1 is 1.09 bits per heavy atom. The van der Waals surface area contributed by atoms with Crippen LogP contribution in [0.5, 0.6) is 5.75 Å². The van der Waals surface area contributed by atoms with Crippen molar-refractivity contribution in [3.63, 3.8) is 0 Å². The Morgan fingerprint density at radius 3 is 2.38 bits per heavy atom. The van der Waals surface area contributed by atoms with E-state index in [0.29, 0.717) is 23.7 Å². The normalized spacial score (nSPS) is 15.1. The molecule has 2 amide bonds. The Morgan fingerprint density at radius 2 is 1.75 bits per heavy atom. The predicted octanol–water partition coefficient (Wildman–Crippen LogP) is 5.74. The van der Waals surface area contributed by atoms with E-state index in [1.165, 1.54) is 6.42 Å². The fourth-order valence-electron chi connectivity index (χ4n) is 4.01. The maximum absolute atomic E-state index is 13.2. The molecular formula is C25H30BrClN2O3. The van der Waals surface area contributed by atoms with Crippen LogP contribution in [-0.4, -0.2) is 35.4 Å². The molecule has 32 heavy (non-hydrogen) atoms. The summed E-state index contributed by atoms with van der Waals surface area (Å²) in [6.45, 7) is 2.11. The van der Waals surface area contributed by atoms with Gasteiger partial charge in [-0.1, -0.05) is 65.8 Å². The number of nitrogens with zero attached hydrogens (tertiary/aromatic N) is 1. The molecule has 1 atom stereocenters. The van der Waals surface area contributed by atoms with E-state index in [9.17, 15) is 9.59 Å². The molecule has 0 radical (unpaired) electrons. The molecule has 0 saturated heterocycles. The molecule has 2 aromatic carbocycles. The van der Waals surface area contributed by atoms with Crippen molar-refractivity contribution in [2.45, 2.75) is 64.1 Å². The zero-order chi connectivity index (χ0) is 22.9. The monoisotopic (exact) mass is 520 g/mol. The number of ether oxygens (including phenoxy) is 1. The van der Waals surface area contributed by atoms with Gasteiger partial charge in [0.2, 0.25) is 5.91 Å². The lowest BCUT2D eigenvalue weighted by atomic mass is 9.95. The average molecular weight is 522 g/mol. The minimum Gasteiger partial charge on any atom is -0.484 e. The first-order chi connectivity index (χ1) is 15.5. The second-order valence-corrected chi connectivity index (χ2v) is 9.51. The second kappa shape index (κ2) is 12.3. The van der Waals surface area contributed by atoms with Crippen LogP contribution in [0.3, 0.4) is 0 Å². The maximum Gasteiger partial charge on any atom is 0.261 e. The van der Waals surface area contributed by atoms with E-state index in [-0.39, 0.29) is 24.5 Å². The van der Waals surface area contributed by atoms with Crippen molar-refractivity contribution in [3.8, 4) is 5.75 Å². The molecule has 1 aliphatic rings. The molecule has 1 fully saturated rings. The van der Waals surface area contributed by atoms with Gasteiger partial charge >= 0.3 is 0 Å². The number of amides is 2. The largest absolute Gasteiger partial charge is 0.484 e. The first-order valence-corrected chi connectivity index (χ1v) is 12.4. The van der Waals surface area contributed by atoms with Gasteiger partial charge in [0.1, 0.15) is 11.8 Å². The predicted molar refractivity (Wildman–Crippen MR) is 131 cm³/mol. The van der Waals surface area contributed by atoms with Crippen molar-refractivity contribution in [2.75, 3.05) is 6.61 Å². The van der Waals surface area contributed by atoms with Gasteiger partial charge in [-0.2, -0.15) is 0 Å². The molecule has 1 aliphatic carbocycles. The molecule has 0 heterocycles. The highest BCUT2D eigenvalue weighted by atomic mass is 79.9. The summed E-state index contributed by atoms with van der Waals surface area (Å²) in [7, 11) is 0. The van der Waals surface area contributed by atoms with Gasteiger partial charge in [0, 0.05) is 22.1 Å². The molecule has 0 aliphatic heterocycles. The van der Waals surface area contributed by atoms with Crippen LogP contribution in [0.2, 0.25) is 5.02 Å². The minimum absolute atomic E-state index is 0.0923. The molecule has 0 aromatic heterocycles. The van der Waals surface area contributed by atoms with Crippen LogP contribution >= 0.6 is 27.5 Å². The molecule has 0 spiro atoms. The van der Waals surface area contributed by atoms with Gasteiger partial charge in [-0.05, 0) is 61.2 Å². The summed E-state index contributed by atoms with van der Waals surface area (Å²) in [5, 5.41) is 3.81. The van der Waals surface area contributed by atoms with Gasteiger partial charge in [0.15, 0.2) is 6.61 Å². The molecule has 172 valence electrons. The summed E-state index contributed by atoms with van der Waals surface area (Å²) in [5.74, 6) is 0.284. The van der Waals surface area contributed by atoms with Crippen LogP contribution in [0.4, 0.5) is 0 Å². The lowest BCUT2D eigenvalue weighted by molar-refractivity contribution is -0.143. The Kier molecular flexibility index (Phi) is 9.42. The first-order valence-electron chi connectivity index (χ1n) is 11.2. The molecule has 7 heteroatoms. The SMILES string of the molecule is CC[C@H](C(=O)NC1CCCCC1)N(Cc1ccc(Cl)cc1)C(=O)COc1ccc(Br)cc1. The van der Waals surface area contributed by atoms with Gasteiger partial charge in [0.05, 0.1) is 0 Å². The lowest BCUT2D eigenvalue weighted by Crippen LogP contribution is -2.52. The van der Waals surface area contributed by atoms with Gasteiger partial charge in [-0.15, -0.1) is 0 Å². The molecule has 1 N–H and O–H groups in total. The number of hydrogen-bond donors (Lipinski definition) is 1. The molecule has 0 unspecified atom stereocenters. The van der Waals surface area contributed by atoms with Crippen molar-refractivity contribution in [1.82, 2.24) is 10.2 Å². The van der Waals surface area contributed by atoms with Gasteiger partial charge in [0.25, 0.3) is 5.91 Å². The third-order valence-electron chi connectivity index (χ3n) is 5.78. The highest BCUT2D eigenvalue weighted by Gasteiger charge is 2.30. The standard InChI is InChI=1S/C25H30BrClN2O3/c1-2-23(25(31)28-21-6-4-3-5-7-21)29(16-18-8-12-20(27)13-9-18)24(30)17-32-22-14-10-19(26)11-15-22/h8-15,21,23H,2-7,16-17H2,1H3,(H,28,31)/t23-/m1/s1. The average Bonchev–Trinajstić information content (AvgIpc) is 2.80. The lowest BCUT2D eigenvalue weighted by Gasteiger charge is -2.32. The summed E-state index contributed by atoms with van der Waals surface area (Å²) in [6.07, 6.45) is 6.01. The van der Waals surface area contributed by atoms with Crippen LogP contribution in [0, 0.1) is 0 Å². The quantitative estimate of drug-likeness (QED) is 0.458. The van der Waals surface area contributed by atoms with Crippen LogP contribution < -0.4 is 10.1 Å². The summed E-state index contributed by atoms with van der Waals surface area (Å²) in [6, 6.07) is 14.3. The number of hydrogen-bond acceptors (Lipinski definition) is 3. The molecular weight excluding hydrogens is 492 g/mol. The first kappa shape index (κ1) is 24.6. The Balaban J connectivity index is 1.73. The van der Waals surface area contributed by atoms with Gasteiger partial charge in [-0.25, -0.2) is 0 Å². The van der Waals surface area contributed by atoms with E-state index < -0.39 is 6.04 Å². The molecule has 2 aromatic rings. The number of halogens is 2. The maximum atomic E-state index is 13.2. The molecule has 0 bridgehead atoms. The van der Waals surface area contributed by atoms with E-state index >= 15 is 0 Å². The number of carbonyl (C=O) groups excluding carboxylic acids is 2. The van der Waals surface area contributed by atoms with Crippen LogP contribution in [0.1, 0.15) is 51.0 Å². The van der Waals surface area contributed by atoms with Crippen LogP contribution in [-0.2, 0) is 16.1 Å². The van der Waals surface area contributed by atoms with E-state index in [1.807, 2.05) is 31.2 Å². The molecule has 3 rings (SSSR count). The third-order valence-corrected chi connectivity index (χ3v) is 6.56. The number of carbonyl (C=O) groups is 2. The van der Waals surface area contributed by atoms with E-state index in [1.54, 1.807) is 29.2 Å².